The molecule has 0 aliphatic rings. The maximum atomic E-state index is 13.1. The zero-order chi connectivity index (χ0) is 10.0. The number of alkyl halides is 1. The number of hydrogen-bond donors (Lipinski definition) is 2. The molecule has 0 unspecified atom stereocenters. The second-order valence-electron chi connectivity index (χ2n) is 2.45. The Balaban J connectivity index is 3.28. The van der Waals surface area contributed by atoms with Gasteiger partial charge in [-0.15, -0.1) is 0 Å². The van der Waals surface area contributed by atoms with Crippen molar-refractivity contribution in [2.75, 3.05) is 11.1 Å². The Kier molecular flexibility index (Phi) is 2.87. The minimum Gasteiger partial charge on any atom is -0.508 e. The van der Waals surface area contributed by atoms with Gasteiger partial charge in [0.1, 0.15) is 11.6 Å². The molecule has 0 saturated heterocycles. The number of phenolic OH excluding ortho intramolecular Hbond substituents is 1. The molecule has 0 saturated carbocycles. The number of aromatic hydroxyl groups is 1. The number of anilines is 1. The molecular formula is C8H7BrFNO2. The van der Waals surface area contributed by atoms with Gasteiger partial charge in [-0.25, -0.2) is 4.39 Å². The lowest BCUT2D eigenvalue weighted by molar-refractivity contribution is 0.102. The summed E-state index contributed by atoms with van der Waals surface area (Å²) in [5.41, 5.74) is 5.12. The van der Waals surface area contributed by atoms with E-state index < -0.39 is 11.6 Å². The summed E-state index contributed by atoms with van der Waals surface area (Å²) >= 11 is 2.90. The number of nitrogen functional groups attached to an aromatic ring is 1. The lowest BCUT2D eigenvalue weighted by Gasteiger charge is -2.04. The third-order valence-corrected chi connectivity index (χ3v) is 2.01. The quantitative estimate of drug-likeness (QED) is 0.475. The molecule has 0 atom stereocenters. The lowest BCUT2D eigenvalue weighted by Crippen LogP contribution is -2.07. The van der Waals surface area contributed by atoms with Gasteiger partial charge in [-0.05, 0) is 0 Å². The molecule has 1 rings (SSSR count). The van der Waals surface area contributed by atoms with Crippen molar-refractivity contribution in [2.24, 2.45) is 0 Å². The zero-order valence-corrected chi connectivity index (χ0v) is 8.14. The van der Waals surface area contributed by atoms with Crippen LogP contribution in [0.3, 0.4) is 0 Å². The topological polar surface area (TPSA) is 63.3 Å². The number of benzene rings is 1. The van der Waals surface area contributed by atoms with Crippen molar-refractivity contribution in [3.8, 4) is 5.75 Å². The van der Waals surface area contributed by atoms with Gasteiger partial charge in [-0.2, -0.15) is 0 Å². The van der Waals surface area contributed by atoms with Crippen molar-refractivity contribution in [3.63, 3.8) is 0 Å². The Morgan fingerprint density at radius 1 is 1.62 bits per heavy atom. The number of nitrogens with two attached hydrogens (primary N) is 1. The molecule has 5 heteroatoms. The summed E-state index contributed by atoms with van der Waals surface area (Å²) in [6.07, 6.45) is 0. The number of halogens is 2. The Hall–Kier alpha value is -1.10. The summed E-state index contributed by atoms with van der Waals surface area (Å²) in [5.74, 6) is -1.54. The maximum absolute atomic E-state index is 13.1. The van der Waals surface area contributed by atoms with E-state index in [1.807, 2.05) is 0 Å². The van der Waals surface area contributed by atoms with Gasteiger partial charge in [0.15, 0.2) is 5.78 Å². The Morgan fingerprint density at radius 3 is 2.69 bits per heavy atom. The van der Waals surface area contributed by atoms with E-state index in [0.717, 1.165) is 12.1 Å². The van der Waals surface area contributed by atoms with Crippen LogP contribution in [0.4, 0.5) is 10.1 Å². The van der Waals surface area contributed by atoms with Gasteiger partial charge in [-0.1, -0.05) is 15.9 Å². The van der Waals surface area contributed by atoms with E-state index in [2.05, 4.69) is 15.9 Å². The summed E-state index contributed by atoms with van der Waals surface area (Å²) in [6, 6.07) is 1.99. The fourth-order valence-electron chi connectivity index (χ4n) is 0.974. The highest BCUT2D eigenvalue weighted by molar-refractivity contribution is 9.09. The van der Waals surface area contributed by atoms with Crippen molar-refractivity contribution in [2.45, 2.75) is 0 Å². The van der Waals surface area contributed by atoms with Gasteiger partial charge in [0.2, 0.25) is 0 Å². The van der Waals surface area contributed by atoms with E-state index >= 15 is 0 Å². The van der Waals surface area contributed by atoms with E-state index in [0.29, 0.717) is 0 Å². The molecule has 1 aromatic rings. The normalized spacial score (nSPS) is 10.0. The van der Waals surface area contributed by atoms with E-state index in [1.165, 1.54) is 0 Å². The molecule has 0 amide bonds. The molecular weight excluding hydrogens is 241 g/mol. The van der Waals surface area contributed by atoms with E-state index in [1.54, 1.807) is 0 Å². The van der Waals surface area contributed by atoms with Crippen LogP contribution in [-0.2, 0) is 0 Å². The third kappa shape index (κ3) is 1.98. The monoisotopic (exact) mass is 247 g/mol. The van der Waals surface area contributed by atoms with Crippen molar-refractivity contribution in [1.29, 1.82) is 0 Å². The fraction of sp³-hybridized carbons (Fsp3) is 0.125. The van der Waals surface area contributed by atoms with Crippen LogP contribution in [0.5, 0.6) is 5.75 Å². The number of phenols is 1. The molecule has 3 N–H and O–H groups in total. The number of carbonyl (C=O) groups is 1. The summed E-state index contributed by atoms with van der Waals surface area (Å²) < 4.78 is 13.1. The van der Waals surface area contributed by atoms with Crippen LogP contribution in [0.1, 0.15) is 10.4 Å². The third-order valence-electron chi connectivity index (χ3n) is 1.51. The molecule has 0 radical (unpaired) electrons. The van der Waals surface area contributed by atoms with Gasteiger partial charge >= 0.3 is 0 Å². The number of rotatable bonds is 2. The molecule has 3 nitrogen and oxygen atoms in total. The van der Waals surface area contributed by atoms with Crippen LogP contribution < -0.4 is 5.73 Å². The first-order valence-corrected chi connectivity index (χ1v) is 4.55. The summed E-state index contributed by atoms with van der Waals surface area (Å²) in [7, 11) is 0. The Labute approximate surface area is 82.5 Å². The minimum absolute atomic E-state index is 0.00110. The SMILES string of the molecule is Nc1cc(O)cc(F)c1C(=O)CBr. The van der Waals surface area contributed by atoms with E-state index in [-0.39, 0.29) is 22.3 Å². The number of hydrogen-bond acceptors (Lipinski definition) is 3. The molecule has 0 aromatic heterocycles. The first kappa shape index (κ1) is 9.98. The smallest absolute Gasteiger partial charge is 0.178 e. The highest BCUT2D eigenvalue weighted by Crippen LogP contribution is 2.23. The van der Waals surface area contributed by atoms with Crippen molar-refractivity contribution in [3.05, 3.63) is 23.5 Å². The van der Waals surface area contributed by atoms with Crippen LogP contribution in [0.25, 0.3) is 0 Å². The van der Waals surface area contributed by atoms with E-state index in [4.69, 9.17) is 10.8 Å². The van der Waals surface area contributed by atoms with Crippen LogP contribution in [0.2, 0.25) is 0 Å². The fourth-order valence-corrected chi connectivity index (χ4v) is 1.25. The Morgan fingerprint density at radius 2 is 2.23 bits per heavy atom. The van der Waals surface area contributed by atoms with Crippen LogP contribution in [0.15, 0.2) is 12.1 Å². The highest BCUT2D eigenvalue weighted by atomic mass is 79.9. The molecule has 13 heavy (non-hydrogen) atoms. The van der Waals surface area contributed by atoms with Gasteiger partial charge in [0, 0.05) is 17.8 Å². The maximum Gasteiger partial charge on any atom is 0.178 e. The molecule has 0 heterocycles. The zero-order valence-electron chi connectivity index (χ0n) is 6.55. The average molecular weight is 248 g/mol. The van der Waals surface area contributed by atoms with Crippen molar-refractivity contribution < 1.29 is 14.3 Å². The van der Waals surface area contributed by atoms with Gasteiger partial charge < -0.3 is 10.8 Å². The number of ketones is 1. The predicted octanol–water partition coefficient (Wildman–Crippen LogP) is 1.69. The van der Waals surface area contributed by atoms with E-state index in [9.17, 15) is 9.18 Å². The average Bonchev–Trinajstić information content (AvgIpc) is 2.02. The van der Waals surface area contributed by atoms with Crippen molar-refractivity contribution in [1.82, 2.24) is 0 Å². The van der Waals surface area contributed by atoms with Gasteiger partial charge in [0.05, 0.1) is 10.9 Å². The van der Waals surface area contributed by atoms with Crippen LogP contribution in [0, 0.1) is 5.82 Å². The first-order chi connectivity index (χ1) is 6.06. The van der Waals surface area contributed by atoms with Crippen molar-refractivity contribution >= 4 is 27.4 Å². The lowest BCUT2D eigenvalue weighted by atomic mass is 10.1. The molecule has 0 fully saturated rings. The molecule has 70 valence electrons. The summed E-state index contributed by atoms with van der Waals surface area (Å²) in [4.78, 5) is 11.1. The summed E-state index contributed by atoms with van der Waals surface area (Å²) in [5, 5.41) is 8.93. The van der Waals surface area contributed by atoms with Gasteiger partial charge in [0.25, 0.3) is 0 Å². The standard InChI is InChI=1S/C8H7BrFNO2/c9-3-7(13)8-5(10)1-4(12)2-6(8)11/h1-2,12H,3,11H2. The predicted molar refractivity (Wildman–Crippen MR) is 50.6 cm³/mol. The Bertz CT molecular complexity index is 331. The molecule has 1 aromatic carbocycles. The summed E-state index contributed by atoms with van der Waals surface area (Å²) in [6.45, 7) is 0. The molecule has 0 bridgehead atoms. The molecule has 0 aliphatic heterocycles. The second kappa shape index (κ2) is 3.74. The molecule has 0 spiro atoms. The van der Waals surface area contributed by atoms with Crippen LogP contribution >= 0.6 is 15.9 Å². The second-order valence-corrected chi connectivity index (χ2v) is 3.01. The molecule has 0 aliphatic carbocycles. The van der Waals surface area contributed by atoms with Crippen LogP contribution in [-0.4, -0.2) is 16.2 Å². The van der Waals surface area contributed by atoms with Gasteiger partial charge in [-0.3, -0.25) is 4.79 Å². The first-order valence-electron chi connectivity index (χ1n) is 3.43. The number of Topliss-reactive ketones (excluding diaryl/α,β-unsaturated/α-hetero) is 1. The highest BCUT2D eigenvalue weighted by Gasteiger charge is 2.15. The minimum atomic E-state index is -0.804. The largest absolute Gasteiger partial charge is 0.508 e. The number of carbonyl (C=O) groups excluding carboxylic acids is 1.